The van der Waals surface area contributed by atoms with E-state index in [1.165, 1.54) is 0 Å². The Bertz CT molecular complexity index is 965. The summed E-state index contributed by atoms with van der Waals surface area (Å²) >= 11 is 6.01. The molecule has 1 aliphatic rings. The molecule has 4 rings (SSSR count). The number of imidazole rings is 1. The van der Waals surface area contributed by atoms with Gasteiger partial charge in [-0.3, -0.25) is 0 Å². The molecule has 1 saturated heterocycles. The van der Waals surface area contributed by atoms with Crippen LogP contribution in [0.4, 0.5) is 5.69 Å². The highest BCUT2D eigenvalue weighted by atomic mass is 35.5. The fourth-order valence-corrected chi connectivity index (χ4v) is 3.29. The third kappa shape index (κ3) is 2.93. The van der Waals surface area contributed by atoms with Gasteiger partial charge in [-0.15, -0.1) is 0 Å². The molecular weight excluding hydrogens is 336 g/mol. The van der Waals surface area contributed by atoms with Crippen molar-refractivity contribution in [2.45, 2.75) is 0 Å². The number of hydrogen-bond donors (Lipinski definition) is 0. The van der Waals surface area contributed by atoms with Gasteiger partial charge in [0.1, 0.15) is 11.2 Å². The highest BCUT2D eigenvalue weighted by molar-refractivity contribution is 6.29. The Morgan fingerprint density at radius 3 is 2.68 bits per heavy atom. The molecule has 2 aromatic heterocycles. The first-order chi connectivity index (χ1) is 12.2. The number of fused-ring (bicyclic) bond motifs is 1. The van der Waals surface area contributed by atoms with Gasteiger partial charge >= 0.3 is 0 Å². The van der Waals surface area contributed by atoms with Crippen LogP contribution in [0, 0.1) is 11.3 Å². The van der Waals surface area contributed by atoms with E-state index in [2.05, 4.69) is 33.0 Å². The maximum Gasteiger partial charge on any atom is 0.154 e. The zero-order valence-electron chi connectivity index (χ0n) is 13.9. The van der Waals surface area contributed by atoms with Gasteiger partial charge in [0.15, 0.2) is 5.65 Å². The van der Waals surface area contributed by atoms with E-state index in [0.29, 0.717) is 10.7 Å². The summed E-state index contributed by atoms with van der Waals surface area (Å²) in [5.41, 5.74) is 4.09. The van der Waals surface area contributed by atoms with E-state index >= 15 is 0 Å². The minimum absolute atomic E-state index is 0.404. The minimum Gasteiger partial charge on any atom is -0.368 e. The van der Waals surface area contributed by atoms with E-state index in [4.69, 9.17) is 11.6 Å². The molecule has 0 atom stereocenters. The molecule has 126 valence electrons. The van der Waals surface area contributed by atoms with Gasteiger partial charge in [-0.2, -0.15) is 10.4 Å². The predicted octanol–water partition coefficient (Wildman–Crippen LogP) is 2.67. The summed E-state index contributed by atoms with van der Waals surface area (Å²) in [6, 6.07) is 11.8. The second-order valence-electron chi connectivity index (χ2n) is 6.20. The Labute approximate surface area is 150 Å². The van der Waals surface area contributed by atoms with Crippen molar-refractivity contribution >= 4 is 22.9 Å². The smallest absolute Gasteiger partial charge is 0.154 e. The zero-order chi connectivity index (χ0) is 17.4. The van der Waals surface area contributed by atoms with Crippen molar-refractivity contribution in [3.8, 4) is 17.3 Å². The number of nitriles is 1. The van der Waals surface area contributed by atoms with Crippen LogP contribution in [-0.4, -0.2) is 52.7 Å². The maximum atomic E-state index is 9.63. The lowest BCUT2D eigenvalue weighted by Gasteiger charge is -2.34. The first-order valence-electron chi connectivity index (χ1n) is 8.14. The van der Waals surface area contributed by atoms with Crippen LogP contribution < -0.4 is 4.90 Å². The van der Waals surface area contributed by atoms with Gasteiger partial charge in [-0.05, 0) is 31.3 Å². The molecule has 0 unspecified atom stereocenters. The quantitative estimate of drug-likeness (QED) is 0.709. The molecule has 3 aromatic rings. The highest BCUT2D eigenvalue weighted by Gasteiger charge is 2.18. The topological polar surface area (TPSA) is 60.5 Å². The molecule has 1 aliphatic heterocycles. The molecule has 0 N–H and O–H groups in total. The second-order valence-corrected chi connectivity index (χ2v) is 6.59. The summed E-state index contributed by atoms with van der Waals surface area (Å²) in [7, 11) is 2.12. The summed E-state index contributed by atoms with van der Waals surface area (Å²) < 4.78 is 1.70. The van der Waals surface area contributed by atoms with Gasteiger partial charge in [0.2, 0.25) is 0 Å². The van der Waals surface area contributed by atoms with Crippen molar-refractivity contribution in [3.05, 3.63) is 47.2 Å². The lowest BCUT2D eigenvalue weighted by molar-refractivity contribution is 0.313. The number of benzene rings is 1. The summed E-state index contributed by atoms with van der Waals surface area (Å²) in [5.74, 6) is 0. The fourth-order valence-electron chi connectivity index (χ4n) is 3.16. The van der Waals surface area contributed by atoms with Crippen LogP contribution in [0.5, 0.6) is 0 Å². The third-order valence-electron chi connectivity index (χ3n) is 4.59. The molecule has 1 fully saturated rings. The SMILES string of the molecule is CN1CCN(c2ccc(-c3cnc4ccc(Cl)nn34)cc2C#N)CC1. The van der Waals surface area contributed by atoms with Crippen LogP contribution in [0.2, 0.25) is 5.15 Å². The van der Waals surface area contributed by atoms with E-state index in [1.54, 1.807) is 16.8 Å². The fraction of sp³-hybridized carbons (Fsp3) is 0.278. The van der Waals surface area contributed by atoms with Gasteiger partial charge in [0.25, 0.3) is 0 Å². The molecule has 1 aromatic carbocycles. The summed E-state index contributed by atoms with van der Waals surface area (Å²) in [4.78, 5) is 8.92. The molecule has 0 radical (unpaired) electrons. The van der Waals surface area contributed by atoms with Crippen LogP contribution in [0.15, 0.2) is 36.5 Å². The molecule has 0 amide bonds. The minimum atomic E-state index is 0.404. The van der Waals surface area contributed by atoms with Crippen LogP contribution in [0.3, 0.4) is 0 Å². The monoisotopic (exact) mass is 352 g/mol. The molecule has 0 aliphatic carbocycles. The normalized spacial score (nSPS) is 15.5. The Balaban J connectivity index is 1.74. The molecule has 3 heterocycles. The molecular formula is C18H17ClN6. The van der Waals surface area contributed by atoms with E-state index in [-0.39, 0.29) is 0 Å². The van der Waals surface area contributed by atoms with Crippen molar-refractivity contribution in [2.24, 2.45) is 0 Å². The number of aromatic nitrogens is 3. The average Bonchev–Trinajstić information content (AvgIpc) is 3.05. The zero-order valence-corrected chi connectivity index (χ0v) is 14.6. The number of nitrogens with zero attached hydrogens (tertiary/aromatic N) is 6. The van der Waals surface area contributed by atoms with Crippen molar-refractivity contribution < 1.29 is 0 Å². The number of hydrogen-bond acceptors (Lipinski definition) is 5. The lowest BCUT2D eigenvalue weighted by atomic mass is 10.1. The van der Waals surface area contributed by atoms with Crippen molar-refractivity contribution in [1.82, 2.24) is 19.5 Å². The second kappa shape index (κ2) is 6.36. The third-order valence-corrected chi connectivity index (χ3v) is 4.79. The van der Waals surface area contributed by atoms with Crippen LogP contribution in [-0.2, 0) is 0 Å². The number of rotatable bonds is 2. The Morgan fingerprint density at radius 2 is 1.92 bits per heavy atom. The Morgan fingerprint density at radius 1 is 1.12 bits per heavy atom. The summed E-state index contributed by atoms with van der Waals surface area (Å²) in [5, 5.41) is 14.3. The Hall–Kier alpha value is -2.62. The molecule has 0 saturated carbocycles. The largest absolute Gasteiger partial charge is 0.368 e. The van der Waals surface area contributed by atoms with E-state index in [0.717, 1.165) is 48.8 Å². The standard InChI is InChI=1S/C18H17ClN6/c1-23-6-8-24(9-7-23)15-3-2-13(10-14(15)11-20)16-12-21-18-5-4-17(19)22-25(16)18/h2-5,10,12H,6-9H2,1H3. The first-order valence-corrected chi connectivity index (χ1v) is 8.52. The van der Waals surface area contributed by atoms with Gasteiger partial charge in [0.05, 0.1) is 23.1 Å². The number of halogens is 1. The number of anilines is 1. The van der Waals surface area contributed by atoms with Gasteiger partial charge < -0.3 is 9.80 Å². The van der Waals surface area contributed by atoms with E-state index in [9.17, 15) is 5.26 Å². The highest BCUT2D eigenvalue weighted by Crippen LogP contribution is 2.28. The first kappa shape index (κ1) is 15.9. The molecule has 25 heavy (non-hydrogen) atoms. The predicted molar refractivity (Wildman–Crippen MR) is 97.9 cm³/mol. The summed E-state index contributed by atoms with van der Waals surface area (Å²) in [6.45, 7) is 3.86. The average molecular weight is 353 g/mol. The van der Waals surface area contributed by atoms with Gasteiger partial charge in [-0.1, -0.05) is 17.7 Å². The molecule has 7 heteroatoms. The van der Waals surface area contributed by atoms with E-state index < -0.39 is 0 Å². The number of likely N-dealkylation sites (N-methyl/N-ethyl adjacent to an activating group) is 1. The Kier molecular flexibility index (Phi) is 4.04. The molecule has 0 spiro atoms. The van der Waals surface area contributed by atoms with E-state index in [1.807, 2.05) is 24.3 Å². The van der Waals surface area contributed by atoms with Gasteiger partial charge in [-0.25, -0.2) is 9.50 Å². The van der Waals surface area contributed by atoms with Gasteiger partial charge in [0, 0.05) is 31.7 Å². The number of piperazine rings is 1. The maximum absolute atomic E-state index is 9.63. The van der Waals surface area contributed by atoms with Crippen LogP contribution in [0.1, 0.15) is 5.56 Å². The van der Waals surface area contributed by atoms with Crippen molar-refractivity contribution in [1.29, 1.82) is 5.26 Å². The summed E-state index contributed by atoms with van der Waals surface area (Å²) in [6.07, 6.45) is 1.75. The van der Waals surface area contributed by atoms with Crippen LogP contribution in [0.25, 0.3) is 16.9 Å². The van der Waals surface area contributed by atoms with Crippen molar-refractivity contribution in [3.63, 3.8) is 0 Å². The van der Waals surface area contributed by atoms with Crippen LogP contribution >= 0.6 is 11.6 Å². The van der Waals surface area contributed by atoms with Crippen molar-refractivity contribution in [2.75, 3.05) is 38.1 Å². The lowest BCUT2D eigenvalue weighted by Crippen LogP contribution is -2.44. The molecule has 0 bridgehead atoms. The molecule has 6 nitrogen and oxygen atoms in total.